The Labute approximate surface area is 273 Å². The minimum absolute atomic E-state index is 0.0603. The zero-order valence-corrected chi connectivity index (χ0v) is 27.2. The summed E-state index contributed by atoms with van der Waals surface area (Å²) in [4.78, 5) is 47.8. The maximum atomic E-state index is 13.9. The normalized spacial score (nSPS) is 15.1. The summed E-state index contributed by atoms with van der Waals surface area (Å²) in [6.45, 7) is 9.14. The molecular weight excluding hydrogens is 596 g/mol. The Morgan fingerprint density at radius 1 is 1.02 bits per heavy atom. The van der Waals surface area contributed by atoms with Crippen LogP contribution in [0.1, 0.15) is 52.6 Å². The summed E-state index contributed by atoms with van der Waals surface area (Å²) in [7, 11) is 1.66. The number of aliphatic hydroxyl groups is 1. The van der Waals surface area contributed by atoms with Gasteiger partial charge in [-0.15, -0.1) is 0 Å². The van der Waals surface area contributed by atoms with Gasteiger partial charge in [-0.2, -0.15) is 0 Å². The van der Waals surface area contributed by atoms with Crippen LogP contribution in [0.5, 0.6) is 0 Å². The molecule has 47 heavy (non-hydrogen) atoms. The standard InChI is InChI=1S/C36H40N6O5/c1-36(2,3)25-9-10-27-29(19-25)37-12-13-42(34(27)45)31-7-5-6-26(28(31)22-43)24-18-30(35(46)40(4)21-24)39-32-11-8-23(20-38-32)33(44)41-14-16-47-17-15-41/h5-11,18-21,37,43H,12-17,22H2,1-4H3,(H,38,39). The highest BCUT2D eigenvalue weighted by atomic mass is 16.5. The molecule has 0 bridgehead atoms. The quantitative estimate of drug-likeness (QED) is 0.282. The number of hydrogen-bond donors (Lipinski definition) is 3. The first-order valence-corrected chi connectivity index (χ1v) is 15.8. The molecule has 2 aliphatic rings. The van der Waals surface area contributed by atoms with Crippen LogP contribution < -0.4 is 21.1 Å². The highest BCUT2D eigenvalue weighted by molar-refractivity contribution is 6.11. The molecule has 2 aromatic heterocycles. The monoisotopic (exact) mass is 636 g/mol. The van der Waals surface area contributed by atoms with Crippen LogP contribution in [0, 0.1) is 0 Å². The zero-order chi connectivity index (χ0) is 33.3. The molecule has 0 aliphatic carbocycles. The molecule has 4 heterocycles. The number of fused-ring (bicyclic) bond motifs is 1. The molecule has 3 N–H and O–H groups in total. The average molecular weight is 637 g/mol. The van der Waals surface area contributed by atoms with Gasteiger partial charge in [0.2, 0.25) is 0 Å². The number of morpholine rings is 1. The lowest BCUT2D eigenvalue weighted by Gasteiger charge is -2.26. The lowest BCUT2D eigenvalue weighted by molar-refractivity contribution is 0.0302. The summed E-state index contributed by atoms with van der Waals surface area (Å²) in [5.41, 5.74) is 5.45. The van der Waals surface area contributed by atoms with Crippen molar-refractivity contribution in [3.8, 4) is 11.1 Å². The molecule has 11 heteroatoms. The van der Waals surface area contributed by atoms with Gasteiger partial charge in [0.1, 0.15) is 11.5 Å². The fourth-order valence-electron chi connectivity index (χ4n) is 6.02. The van der Waals surface area contributed by atoms with Gasteiger partial charge in [0, 0.05) is 62.4 Å². The zero-order valence-electron chi connectivity index (χ0n) is 27.2. The van der Waals surface area contributed by atoms with E-state index in [1.54, 1.807) is 41.2 Å². The second kappa shape index (κ2) is 13.0. The van der Waals surface area contributed by atoms with Crippen LogP contribution in [-0.4, -0.2) is 70.8 Å². The Bertz CT molecular complexity index is 1870. The van der Waals surface area contributed by atoms with Crippen LogP contribution in [-0.2, 0) is 23.8 Å². The van der Waals surface area contributed by atoms with E-state index >= 15 is 0 Å². The summed E-state index contributed by atoms with van der Waals surface area (Å²) in [6.07, 6.45) is 3.20. The van der Waals surface area contributed by atoms with E-state index in [0.717, 1.165) is 11.3 Å². The predicted molar refractivity (Wildman–Crippen MR) is 183 cm³/mol. The molecule has 4 aromatic rings. The summed E-state index contributed by atoms with van der Waals surface area (Å²) in [5.74, 6) is 0.144. The molecule has 2 aromatic carbocycles. The third-order valence-electron chi connectivity index (χ3n) is 8.68. The molecule has 0 saturated carbocycles. The maximum absolute atomic E-state index is 13.9. The van der Waals surface area contributed by atoms with E-state index in [-0.39, 0.29) is 35.1 Å². The molecule has 1 saturated heterocycles. The molecule has 0 atom stereocenters. The summed E-state index contributed by atoms with van der Waals surface area (Å²) in [5, 5.41) is 17.2. The number of nitrogens with zero attached hydrogens (tertiary/aromatic N) is 4. The number of aromatic nitrogens is 2. The Balaban J connectivity index is 1.30. The first-order chi connectivity index (χ1) is 22.5. The van der Waals surface area contributed by atoms with Crippen molar-refractivity contribution in [1.82, 2.24) is 14.5 Å². The number of carbonyl (C=O) groups is 2. The van der Waals surface area contributed by atoms with Crippen LogP contribution in [0.3, 0.4) is 0 Å². The van der Waals surface area contributed by atoms with Gasteiger partial charge in [-0.25, -0.2) is 4.98 Å². The third-order valence-corrected chi connectivity index (χ3v) is 8.68. The van der Waals surface area contributed by atoms with Crippen LogP contribution in [0.25, 0.3) is 11.1 Å². The van der Waals surface area contributed by atoms with Crippen molar-refractivity contribution in [2.24, 2.45) is 7.05 Å². The number of ether oxygens (including phenoxy) is 1. The molecule has 11 nitrogen and oxygen atoms in total. The van der Waals surface area contributed by atoms with E-state index in [1.165, 1.54) is 10.8 Å². The number of hydrogen-bond acceptors (Lipinski definition) is 8. The third kappa shape index (κ3) is 6.49. The Morgan fingerprint density at radius 2 is 1.81 bits per heavy atom. The second-order valence-corrected chi connectivity index (χ2v) is 12.9. The SMILES string of the molecule is Cn1cc(-c2cccc(N3CCNc4cc(C(C)(C)C)ccc4C3=O)c2CO)cc(Nc2ccc(C(=O)N3CCOCC3)cn2)c1=O. The average Bonchev–Trinajstić information content (AvgIpc) is 3.24. The van der Waals surface area contributed by atoms with E-state index in [4.69, 9.17) is 4.74 Å². The van der Waals surface area contributed by atoms with E-state index in [1.807, 2.05) is 36.4 Å². The highest BCUT2D eigenvalue weighted by Crippen LogP contribution is 2.35. The number of amides is 2. The van der Waals surface area contributed by atoms with Crippen molar-refractivity contribution >= 4 is 34.7 Å². The topological polar surface area (TPSA) is 129 Å². The fourth-order valence-corrected chi connectivity index (χ4v) is 6.02. The fraction of sp³-hybridized carbons (Fsp3) is 0.333. The minimum Gasteiger partial charge on any atom is -0.392 e. The number of aliphatic hydroxyl groups excluding tert-OH is 1. The number of nitrogens with one attached hydrogen (secondary N) is 2. The van der Waals surface area contributed by atoms with Gasteiger partial charge >= 0.3 is 0 Å². The number of carbonyl (C=O) groups excluding carboxylic acids is 2. The second-order valence-electron chi connectivity index (χ2n) is 12.9. The van der Waals surface area contributed by atoms with Gasteiger partial charge in [-0.3, -0.25) is 14.4 Å². The van der Waals surface area contributed by atoms with Crippen molar-refractivity contribution in [1.29, 1.82) is 0 Å². The molecule has 2 amide bonds. The van der Waals surface area contributed by atoms with Crippen LogP contribution in [0.15, 0.2) is 71.8 Å². The van der Waals surface area contributed by atoms with Crippen molar-refractivity contribution in [3.05, 3.63) is 99.6 Å². The number of aryl methyl sites for hydroxylation is 1. The van der Waals surface area contributed by atoms with Crippen LogP contribution in [0.4, 0.5) is 22.9 Å². The van der Waals surface area contributed by atoms with Gasteiger partial charge in [-0.1, -0.05) is 39.0 Å². The van der Waals surface area contributed by atoms with Crippen LogP contribution >= 0.6 is 0 Å². The highest BCUT2D eigenvalue weighted by Gasteiger charge is 2.28. The van der Waals surface area contributed by atoms with Gasteiger partial charge in [0.15, 0.2) is 0 Å². The Morgan fingerprint density at radius 3 is 2.51 bits per heavy atom. The van der Waals surface area contributed by atoms with Gasteiger partial charge < -0.3 is 34.8 Å². The summed E-state index contributed by atoms with van der Waals surface area (Å²) >= 11 is 0. The largest absolute Gasteiger partial charge is 0.392 e. The molecule has 1 fully saturated rings. The number of pyridine rings is 2. The van der Waals surface area contributed by atoms with Gasteiger partial charge in [-0.05, 0) is 52.9 Å². The first-order valence-electron chi connectivity index (χ1n) is 15.8. The molecule has 244 valence electrons. The van der Waals surface area contributed by atoms with E-state index in [0.29, 0.717) is 78.7 Å². The van der Waals surface area contributed by atoms with Crippen molar-refractivity contribution < 1.29 is 19.4 Å². The Kier molecular flexibility index (Phi) is 8.85. The van der Waals surface area contributed by atoms with E-state index < -0.39 is 0 Å². The number of rotatable bonds is 6. The molecule has 6 rings (SSSR count). The van der Waals surface area contributed by atoms with Crippen LogP contribution in [0.2, 0.25) is 0 Å². The minimum atomic E-state index is -0.315. The summed E-state index contributed by atoms with van der Waals surface area (Å²) < 4.78 is 6.80. The maximum Gasteiger partial charge on any atom is 0.274 e. The molecule has 0 radical (unpaired) electrons. The molecule has 0 spiro atoms. The van der Waals surface area contributed by atoms with E-state index in [9.17, 15) is 19.5 Å². The lowest BCUT2D eigenvalue weighted by Crippen LogP contribution is -2.40. The van der Waals surface area contributed by atoms with Gasteiger partial charge in [0.25, 0.3) is 17.4 Å². The molecule has 2 aliphatic heterocycles. The lowest BCUT2D eigenvalue weighted by atomic mass is 9.86. The number of anilines is 4. The Hall–Kier alpha value is -5.00. The molecule has 0 unspecified atom stereocenters. The molecular formula is C36H40N6O5. The van der Waals surface area contributed by atoms with Crippen molar-refractivity contribution in [2.45, 2.75) is 32.8 Å². The number of benzene rings is 2. The first kappa shape index (κ1) is 32.0. The van der Waals surface area contributed by atoms with Gasteiger partial charge in [0.05, 0.1) is 36.6 Å². The summed E-state index contributed by atoms with van der Waals surface area (Å²) in [6, 6.07) is 16.5. The van der Waals surface area contributed by atoms with Crippen molar-refractivity contribution in [3.63, 3.8) is 0 Å². The van der Waals surface area contributed by atoms with Crippen molar-refractivity contribution in [2.75, 3.05) is 54.9 Å². The smallest absolute Gasteiger partial charge is 0.274 e. The van der Waals surface area contributed by atoms with E-state index in [2.05, 4.69) is 36.4 Å². The predicted octanol–water partition coefficient (Wildman–Crippen LogP) is 4.53.